The van der Waals surface area contributed by atoms with Crippen molar-refractivity contribution in [2.75, 3.05) is 6.61 Å². The molecule has 1 aromatic rings. The van der Waals surface area contributed by atoms with E-state index in [0.29, 0.717) is 5.56 Å². The number of ether oxygens (including phenoxy) is 1. The van der Waals surface area contributed by atoms with Gasteiger partial charge in [-0.25, -0.2) is 9.18 Å². The second-order valence-corrected chi connectivity index (χ2v) is 3.70. The molecule has 0 aliphatic carbocycles. The first kappa shape index (κ1) is 13.3. The van der Waals surface area contributed by atoms with Gasteiger partial charge in [0.1, 0.15) is 6.61 Å². The summed E-state index contributed by atoms with van der Waals surface area (Å²) in [5, 5.41) is 8.68. The summed E-state index contributed by atoms with van der Waals surface area (Å²) in [6.45, 7) is 3.42. The van der Waals surface area contributed by atoms with Crippen LogP contribution in [0, 0.1) is 5.82 Å². The maximum Gasteiger partial charge on any atom is 0.328 e. The number of hydrogen-bond acceptors (Lipinski definition) is 2. The number of halogens is 2. The smallest absolute Gasteiger partial charge is 0.328 e. The lowest BCUT2D eigenvalue weighted by molar-refractivity contribution is -0.131. The lowest BCUT2D eigenvalue weighted by atomic mass is 10.2. The molecule has 0 heterocycles. The molecule has 0 amide bonds. The van der Waals surface area contributed by atoms with Gasteiger partial charge in [-0.15, -0.1) is 0 Å². The molecule has 0 unspecified atom stereocenters. The Morgan fingerprint density at radius 1 is 1.59 bits per heavy atom. The average molecular weight is 257 g/mol. The standard InChI is InChI=1S/C12H10ClFO3/c1-8(13)7-17-11-4-2-9(6-10(11)14)3-5-12(15)16/h2-6H,1,7H2,(H,15,16)/b5-3+. The minimum Gasteiger partial charge on any atom is -0.485 e. The maximum absolute atomic E-state index is 13.4. The largest absolute Gasteiger partial charge is 0.485 e. The monoisotopic (exact) mass is 256 g/mol. The summed E-state index contributed by atoms with van der Waals surface area (Å²) in [6, 6.07) is 4.11. The normalized spacial score (nSPS) is 10.5. The van der Waals surface area contributed by atoms with E-state index in [2.05, 4.69) is 6.58 Å². The van der Waals surface area contributed by atoms with Crippen LogP contribution in [0.2, 0.25) is 0 Å². The van der Waals surface area contributed by atoms with Gasteiger partial charge in [0, 0.05) is 11.1 Å². The van der Waals surface area contributed by atoms with E-state index in [1.807, 2.05) is 0 Å². The van der Waals surface area contributed by atoms with Crippen molar-refractivity contribution in [2.45, 2.75) is 0 Å². The highest BCUT2D eigenvalue weighted by molar-refractivity contribution is 6.29. The average Bonchev–Trinajstić information content (AvgIpc) is 2.24. The van der Waals surface area contributed by atoms with Crippen LogP contribution in [-0.4, -0.2) is 17.7 Å². The van der Waals surface area contributed by atoms with Gasteiger partial charge >= 0.3 is 5.97 Å². The second kappa shape index (κ2) is 6.06. The summed E-state index contributed by atoms with van der Waals surface area (Å²) in [6.07, 6.45) is 2.21. The first-order valence-corrected chi connectivity index (χ1v) is 5.03. The Balaban J connectivity index is 2.79. The number of aliphatic carboxylic acids is 1. The molecule has 0 aliphatic rings. The fourth-order valence-electron chi connectivity index (χ4n) is 1.06. The molecule has 0 saturated heterocycles. The Morgan fingerprint density at radius 3 is 2.82 bits per heavy atom. The molecule has 0 aromatic heterocycles. The van der Waals surface area contributed by atoms with Crippen LogP contribution < -0.4 is 4.74 Å². The van der Waals surface area contributed by atoms with Crippen LogP contribution in [0.4, 0.5) is 4.39 Å². The predicted octanol–water partition coefficient (Wildman–Crippen LogP) is 3.05. The Hall–Kier alpha value is -1.81. The summed E-state index contributed by atoms with van der Waals surface area (Å²) in [5.74, 6) is -1.64. The van der Waals surface area contributed by atoms with Crippen molar-refractivity contribution in [3.05, 3.63) is 47.3 Å². The van der Waals surface area contributed by atoms with Crippen LogP contribution in [0.1, 0.15) is 5.56 Å². The molecule has 0 spiro atoms. The zero-order valence-electron chi connectivity index (χ0n) is 8.82. The van der Waals surface area contributed by atoms with E-state index in [1.54, 1.807) is 0 Å². The molecule has 3 nitrogen and oxygen atoms in total. The highest BCUT2D eigenvalue weighted by atomic mass is 35.5. The van der Waals surface area contributed by atoms with E-state index in [1.165, 1.54) is 24.3 Å². The van der Waals surface area contributed by atoms with Crippen LogP contribution in [0.3, 0.4) is 0 Å². The molecule has 1 aromatic carbocycles. The Morgan fingerprint density at radius 2 is 2.29 bits per heavy atom. The van der Waals surface area contributed by atoms with Crippen molar-refractivity contribution in [2.24, 2.45) is 0 Å². The van der Waals surface area contributed by atoms with Gasteiger partial charge in [-0.2, -0.15) is 0 Å². The van der Waals surface area contributed by atoms with Gasteiger partial charge < -0.3 is 9.84 Å². The molecule has 17 heavy (non-hydrogen) atoms. The van der Waals surface area contributed by atoms with Crippen molar-refractivity contribution in [3.8, 4) is 5.75 Å². The van der Waals surface area contributed by atoms with Gasteiger partial charge in [-0.3, -0.25) is 0 Å². The van der Waals surface area contributed by atoms with Crippen LogP contribution in [0.15, 0.2) is 35.9 Å². The lowest BCUT2D eigenvalue weighted by Crippen LogP contribution is -1.98. The van der Waals surface area contributed by atoms with E-state index in [4.69, 9.17) is 21.4 Å². The summed E-state index contributed by atoms with van der Waals surface area (Å²) in [4.78, 5) is 10.3. The fourth-order valence-corrected chi connectivity index (χ4v) is 1.12. The van der Waals surface area contributed by atoms with Crippen molar-refractivity contribution >= 4 is 23.6 Å². The third kappa shape index (κ3) is 4.70. The third-order valence-corrected chi connectivity index (χ3v) is 1.87. The van der Waals surface area contributed by atoms with Gasteiger partial charge in [0.05, 0.1) is 0 Å². The Bertz CT molecular complexity index is 469. The number of benzene rings is 1. The molecular formula is C12H10ClFO3. The van der Waals surface area contributed by atoms with E-state index in [9.17, 15) is 9.18 Å². The van der Waals surface area contributed by atoms with Gasteiger partial charge in [0.15, 0.2) is 11.6 Å². The van der Waals surface area contributed by atoms with Crippen LogP contribution in [0.25, 0.3) is 6.08 Å². The molecule has 0 radical (unpaired) electrons. The second-order valence-electron chi connectivity index (χ2n) is 3.17. The van der Waals surface area contributed by atoms with E-state index < -0.39 is 11.8 Å². The van der Waals surface area contributed by atoms with Gasteiger partial charge in [-0.1, -0.05) is 24.2 Å². The first-order chi connectivity index (χ1) is 7.99. The predicted molar refractivity (Wildman–Crippen MR) is 63.6 cm³/mol. The quantitative estimate of drug-likeness (QED) is 0.824. The molecule has 0 atom stereocenters. The first-order valence-electron chi connectivity index (χ1n) is 4.65. The molecule has 0 saturated carbocycles. The summed E-state index contributed by atoms with van der Waals surface area (Å²) in [7, 11) is 0. The van der Waals surface area contributed by atoms with Gasteiger partial charge in [-0.05, 0) is 23.8 Å². The number of carbonyl (C=O) groups is 1. The van der Waals surface area contributed by atoms with Crippen molar-refractivity contribution in [1.29, 1.82) is 0 Å². The summed E-state index contributed by atoms with van der Waals surface area (Å²) < 4.78 is 18.5. The number of carboxylic acid groups (broad SMARTS) is 1. The third-order valence-electron chi connectivity index (χ3n) is 1.76. The van der Waals surface area contributed by atoms with Gasteiger partial charge in [0.2, 0.25) is 0 Å². The van der Waals surface area contributed by atoms with Crippen LogP contribution in [-0.2, 0) is 4.79 Å². The maximum atomic E-state index is 13.4. The zero-order valence-corrected chi connectivity index (χ0v) is 9.58. The number of carboxylic acids is 1. The minimum atomic E-state index is -1.09. The molecule has 0 aliphatic heterocycles. The summed E-state index contributed by atoms with van der Waals surface area (Å²) >= 11 is 5.48. The van der Waals surface area contributed by atoms with Crippen molar-refractivity contribution in [3.63, 3.8) is 0 Å². The zero-order chi connectivity index (χ0) is 12.8. The Kier molecular flexibility index (Phi) is 4.72. The molecule has 1 rings (SSSR count). The highest BCUT2D eigenvalue weighted by Gasteiger charge is 2.04. The Labute approximate surface area is 103 Å². The minimum absolute atomic E-state index is 0.0167. The fraction of sp³-hybridized carbons (Fsp3) is 0.0833. The topological polar surface area (TPSA) is 46.5 Å². The van der Waals surface area contributed by atoms with Crippen LogP contribution in [0.5, 0.6) is 5.75 Å². The SMILES string of the molecule is C=C(Cl)COc1ccc(/C=C/C(=O)O)cc1F. The van der Waals surface area contributed by atoms with Crippen LogP contribution >= 0.6 is 11.6 Å². The molecule has 90 valence electrons. The van der Waals surface area contributed by atoms with Gasteiger partial charge in [0.25, 0.3) is 0 Å². The molecule has 0 bridgehead atoms. The number of hydrogen-bond donors (Lipinski definition) is 1. The molecular weight excluding hydrogens is 247 g/mol. The highest BCUT2D eigenvalue weighted by Crippen LogP contribution is 2.19. The van der Waals surface area contributed by atoms with E-state index in [0.717, 1.165) is 6.08 Å². The summed E-state index contributed by atoms with van der Waals surface area (Å²) in [5.41, 5.74) is 0.432. The van der Waals surface area contributed by atoms with E-state index in [-0.39, 0.29) is 17.4 Å². The molecule has 1 N–H and O–H groups in total. The lowest BCUT2D eigenvalue weighted by Gasteiger charge is -2.06. The molecule has 0 fully saturated rings. The van der Waals surface area contributed by atoms with E-state index >= 15 is 0 Å². The van der Waals surface area contributed by atoms with Crippen molar-refractivity contribution in [1.82, 2.24) is 0 Å². The number of rotatable bonds is 5. The van der Waals surface area contributed by atoms with Crippen molar-refractivity contribution < 1.29 is 19.0 Å². The molecule has 5 heteroatoms.